The number of nitrogens with one attached hydrogen (secondary N) is 2. The van der Waals surface area contributed by atoms with Crippen LogP contribution in [0.15, 0.2) is 36.5 Å². The van der Waals surface area contributed by atoms with Crippen LogP contribution in [0.3, 0.4) is 0 Å². The highest BCUT2D eigenvalue weighted by molar-refractivity contribution is 5.98. The second-order valence-electron chi connectivity index (χ2n) is 8.15. The van der Waals surface area contributed by atoms with E-state index in [0.29, 0.717) is 24.7 Å². The molecule has 0 bridgehead atoms. The van der Waals surface area contributed by atoms with Crippen LogP contribution in [0.5, 0.6) is 0 Å². The first kappa shape index (κ1) is 18.0. The van der Waals surface area contributed by atoms with E-state index in [4.69, 9.17) is 0 Å². The van der Waals surface area contributed by atoms with Crippen LogP contribution < -0.4 is 5.32 Å². The number of benzene rings is 1. The molecule has 3 aromatic rings. The van der Waals surface area contributed by atoms with Gasteiger partial charge < -0.3 is 19.8 Å². The molecule has 1 aliphatic heterocycles. The number of hydrogen-bond acceptors (Lipinski definition) is 3. The van der Waals surface area contributed by atoms with E-state index in [2.05, 4.69) is 19.9 Å². The Balaban J connectivity index is 1.30. The Morgan fingerprint density at radius 3 is 2.86 bits per heavy atom. The molecule has 29 heavy (non-hydrogen) atoms. The maximum absolute atomic E-state index is 13.1. The molecule has 1 aliphatic carbocycles. The minimum absolute atomic E-state index is 0.0195. The Morgan fingerprint density at radius 1 is 1.24 bits per heavy atom. The van der Waals surface area contributed by atoms with E-state index in [9.17, 15) is 9.59 Å². The van der Waals surface area contributed by atoms with Gasteiger partial charge in [-0.1, -0.05) is 18.2 Å². The molecule has 0 unspecified atom stereocenters. The van der Waals surface area contributed by atoms with Crippen molar-refractivity contribution >= 4 is 22.7 Å². The van der Waals surface area contributed by atoms with E-state index in [1.54, 1.807) is 0 Å². The van der Waals surface area contributed by atoms with Crippen molar-refractivity contribution in [2.45, 2.75) is 38.8 Å². The lowest BCUT2D eigenvalue weighted by Crippen LogP contribution is -2.41. The van der Waals surface area contributed by atoms with Gasteiger partial charge in [-0.25, -0.2) is 4.98 Å². The monoisotopic (exact) mass is 391 g/mol. The van der Waals surface area contributed by atoms with Crippen molar-refractivity contribution in [1.82, 2.24) is 24.8 Å². The number of amides is 2. The predicted octanol–water partition coefficient (Wildman–Crippen LogP) is 2.65. The number of imidazole rings is 1. The second kappa shape index (κ2) is 7.06. The maximum Gasteiger partial charge on any atom is 0.270 e. The summed E-state index contributed by atoms with van der Waals surface area (Å²) in [6.45, 7) is 4.07. The van der Waals surface area contributed by atoms with Crippen molar-refractivity contribution in [2.75, 3.05) is 13.1 Å². The normalized spacial score (nSPS) is 18.7. The van der Waals surface area contributed by atoms with Gasteiger partial charge in [0.15, 0.2) is 0 Å². The number of fused-ring (bicyclic) bond motifs is 2. The largest absolute Gasteiger partial charge is 0.355 e. The van der Waals surface area contributed by atoms with E-state index in [1.807, 2.05) is 48.4 Å². The molecule has 1 fully saturated rings. The molecule has 2 amide bonds. The molecule has 0 spiro atoms. The van der Waals surface area contributed by atoms with E-state index < -0.39 is 0 Å². The van der Waals surface area contributed by atoms with Crippen LogP contribution >= 0.6 is 0 Å². The molecule has 2 aliphatic rings. The molecule has 0 saturated heterocycles. The molecule has 1 atom stereocenters. The number of rotatable bonds is 5. The van der Waals surface area contributed by atoms with Crippen LogP contribution in [0, 0.1) is 5.92 Å². The number of H-pyrrole nitrogens is 1. The van der Waals surface area contributed by atoms with Gasteiger partial charge in [-0.05, 0) is 37.8 Å². The number of aromatic nitrogens is 3. The van der Waals surface area contributed by atoms with Gasteiger partial charge in [0.25, 0.3) is 5.91 Å². The van der Waals surface area contributed by atoms with Gasteiger partial charge in [0.2, 0.25) is 5.91 Å². The zero-order chi connectivity index (χ0) is 20.0. The second-order valence-corrected chi connectivity index (χ2v) is 8.15. The fourth-order valence-electron chi connectivity index (χ4n) is 4.06. The first-order chi connectivity index (χ1) is 14.1. The minimum atomic E-state index is -0.147. The molecule has 7 heteroatoms. The van der Waals surface area contributed by atoms with Crippen LogP contribution in [0.25, 0.3) is 10.9 Å². The van der Waals surface area contributed by atoms with Crippen molar-refractivity contribution in [3.8, 4) is 0 Å². The molecule has 7 nitrogen and oxygen atoms in total. The van der Waals surface area contributed by atoms with Crippen LogP contribution in [-0.4, -0.2) is 44.3 Å². The SMILES string of the molecule is C[C@@H]1c2nc(CC(=O)NCC3CC3)cn2CCN1C(=O)c1cc2ccccc2[nH]1. The lowest BCUT2D eigenvalue weighted by Gasteiger charge is -2.33. The summed E-state index contributed by atoms with van der Waals surface area (Å²) >= 11 is 0. The molecule has 3 heterocycles. The zero-order valence-corrected chi connectivity index (χ0v) is 16.5. The Labute approximate surface area is 169 Å². The van der Waals surface area contributed by atoms with Crippen LogP contribution in [0.1, 0.15) is 47.8 Å². The van der Waals surface area contributed by atoms with Crippen molar-refractivity contribution < 1.29 is 9.59 Å². The molecule has 2 aromatic heterocycles. The van der Waals surface area contributed by atoms with Crippen molar-refractivity contribution in [1.29, 1.82) is 0 Å². The summed E-state index contributed by atoms with van der Waals surface area (Å²) in [4.78, 5) is 35.0. The quantitative estimate of drug-likeness (QED) is 0.701. The van der Waals surface area contributed by atoms with Gasteiger partial charge in [-0.2, -0.15) is 0 Å². The Morgan fingerprint density at radius 2 is 2.07 bits per heavy atom. The van der Waals surface area contributed by atoms with E-state index >= 15 is 0 Å². The minimum Gasteiger partial charge on any atom is -0.355 e. The van der Waals surface area contributed by atoms with Gasteiger partial charge in [-0.3, -0.25) is 9.59 Å². The molecular formula is C22H25N5O2. The van der Waals surface area contributed by atoms with E-state index in [1.165, 1.54) is 12.8 Å². The lowest BCUT2D eigenvalue weighted by atomic mass is 10.2. The maximum atomic E-state index is 13.1. The number of hydrogen-bond donors (Lipinski definition) is 2. The highest BCUT2D eigenvalue weighted by atomic mass is 16.2. The first-order valence-electron chi connectivity index (χ1n) is 10.3. The lowest BCUT2D eigenvalue weighted by molar-refractivity contribution is -0.120. The van der Waals surface area contributed by atoms with Crippen LogP contribution in [0.4, 0.5) is 0 Å². The molecule has 0 radical (unpaired) electrons. The van der Waals surface area contributed by atoms with Crippen molar-refractivity contribution in [2.24, 2.45) is 5.92 Å². The highest BCUT2D eigenvalue weighted by Gasteiger charge is 2.31. The van der Waals surface area contributed by atoms with Gasteiger partial charge in [0.1, 0.15) is 11.5 Å². The Kier molecular flexibility index (Phi) is 4.38. The first-order valence-corrected chi connectivity index (χ1v) is 10.3. The summed E-state index contributed by atoms with van der Waals surface area (Å²) < 4.78 is 2.07. The third-order valence-electron chi connectivity index (χ3n) is 5.93. The number of carbonyl (C=O) groups excluding carboxylic acids is 2. The van der Waals surface area contributed by atoms with Crippen LogP contribution in [0.2, 0.25) is 0 Å². The third-order valence-corrected chi connectivity index (χ3v) is 5.93. The molecule has 1 aromatic carbocycles. The summed E-state index contributed by atoms with van der Waals surface area (Å²) in [6, 6.07) is 9.64. The number of aromatic amines is 1. The molecule has 2 N–H and O–H groups in total. The molecular weight excluding hydrogens is 366 g/mol. The fourth-order valence-corrected chi connectivity index (χ4v) is 4.06. The Hall–Kier alpha value is -3.09. The molecule has 5 rings (SSSR count). The van der Waals surface area contributed by atoms with Crippen LogP contribution in [-0.2, 0) is 17.8 Å². The molecule has 1 saturated carbocycles. The number of carbonyl (C=O) groups is 2. The van der Waals surface area contributed by atoms with Gasteiger partial charge in [0.05, 0.1) is 18.2 Å². The van der Waals surface area contributed by atoms with Crippen molar-refractivity contribution in [3.63, 3.8) is 0 Å². The molecule has 150 valence electrons. The fraction of sp³-hybridized carbons (Fsp3) is 0.409. The standard InChI is InChI=1S/C22H25N5O2/c1-14-21-24-17(11-20(28)23-12-15-6-7-15)13-26(21)8-9-27(14)22(29)19-10-16-4-2-3-5-18(16)25-19/h2-5,10,13-15,25H,6-9,11-12H2,1H3,(H,23,28)/t14-/m1/s1. The van der Waals surface area contributed by atoms with Crippen molar-refractivity contribution in [3.05, 3.63) is 53.7 Å². The van der Waals surface area contributed by atoms with Gasteiger partial charge >= 0.3 is 0 Å². The summed E-state index contributed by atoms with van der Waals surface area (Å²) in [5.74, 6) is 1.50. The van der Waals surface area contributed by atoms with Gasteiger partial charge in [-0.15, -0.1) is 0 Å². The average molecular weight is 391 g/mol. The number of para-hydroxylation sites is 1. The van der Waals surface area contributed by atoms with E-state index in [0.717, 1.165) is 29.0 Å². The predicted molar refractivity (Wildman–Crippen MR) is 109 cm³/mol. The number of nitrogens with zero attached hydrogens (tertiary/aromatic N) is 3. The Bertz CT molecular complexity index is 1050. The summed E-state index contributed by atoms with van der Waals surface area (Å²) in [6.07, 6.45) is 4.68. The summed E-state index contributed by atoms with van der Waals surface area (Å²) in [5, 5.41) is 4.02. The smallest absolute Gasteiger partial charge is 0.270 e. The third kappa shape index (κ3) is 3.52. The summed E-state index contributed by atoms with van der Waals surface area (Å²) in [7, 11) is 0. The topological polar surface area (TPSA) is 83.0 Å². The van der Waals surface area contributed by atoms with Gasteiger partial charge in [0, 0.05) is 36.7 Å². The average Bonchev–Trinajstić information content (AvgIpc) is 3.29. The summed E-state index contributed by atoms with van der Waals surface area (Å²) in [5.41, 5.74) is 2.32. The highest BCUT2D eigenvalue weighted by Crippen LogP contribution is 2.28. The van der Waals surface area contributed by atoms with E-state index in [-0.39, 0.29) is 24.3 Å². The zero-order valence-electron chi connectivity index (χ0n) is 16.5.